The average molecular weight is 445 g/mol. The summed E-state index contributed by atoms with van der Waals surface area (Å²) in [5.41, 5.74) is 4.17. The highest BCUT2D eigenvalue weighted by molar-refractivity contribution is 6.00. The molecule has 0 atom stereocenters. The number of H-pyrrole nitrogens is 1. The van der Waals surface area contributed by atoms with Gasteiger partial charge in [-0.05, 0) is 24.3 Å². The zero-order valence-corrected chi connectivity index (χ0v) is 18.0. The number of nitriles is 1. The van der Waals surface area contributed by atoms with E-state index < -0.39 is 0 Å². The van der Waals surface area contributed by atoms with Crippen molar-refractivity contribution in [2.75, 3.05) is 0 Å². The van der Waals surface area contributed by atoms with Gasteiger partial charge in [-0.3, -0.25) is 4.79 Å². The molecule has 34 heavy (non-hydrogen) atoms. The Bertz CT molecular complexity index is 1490. The van der Waals surface area contributed by atoms with Gasteiger partial charge in [0.1, 0.15) is 5.82 Å². The second kappa shape index (κ2) is 9.27. The number of nitrogens with zero attached hydrogens (tertiary/aromatic N) is 3. The Morgan fingerprint density at radius 2 is 1.74 bits per heavy atom. The number of rotatable bonds is 6. The Labute approximate surface area is 195 Å². The van der Waals surface area contributed by atoms with Crippen molar-refractivity contribution >= 4 is 5.91 Å². The Kier molecular flexibility index (Phi) is 5.70. The summed E-state index contributed by atoms with van der Waals surface area (Å²) in [6.45, 7) is 0.214. The van der Waals surface area contributed by atoms with Crippen LogP contribution in [0.15, 0.2) is 95.7 Å². The van der Waals surface area contributed by atoms with E-state index in [2.05, 4.69) is 26.3 Å². The van der Waals surface area contributed by atoms with Crippen molar-refractivity contribution in [1.82, 2.24) is 20.3 Å². The third-order valence-electron chi connectivity index (χ3n) is 5.31. The third kappa shape index (κ3) is 4.33. The largest absolute Gasteiger partial charge is 0.436 e. The SMILES string of the molecule is N#Cc1cccc(-c2cnc(CNC(=O)c3ccccc3-c3ncc(-c4ccccc4)o3)[nH]2)c1. The zero-order valence-electron chi connectivity index (χ0n) is 18.0. The topological polar surface area (TPSA) is 108 Å². The van der Waals surface area contributed by atoms with E-state index in [1.807, 2.05) is 54.6 Å². The van der Waals surface area contributed by atoms with Crippen LogP contribution in [0.1, 0.15) is 21.7 Å². The number of benzene rings is 3. The van der Waals surface area contributed by atoms with E-state index in [0.29, 0.717) is 34.2 Å². The van der Waals surface area contributed by atoms with Crippen LogP contribution in [0.25, 0.3) is 34.0 Å². The fourth-order valence-corrected chi connectivity index (χ4v) is 3.62. The van der Waals surface area contributed by atoms with Crippen molar-refractivity contribution in [2.24, 2.45) is 0 Å². The fourth-order valence-electron chi connectivity index (χ4n) is 3.62. The van der Waals surface area contributed by atoms with E-state index in [9.17, 15) is 4.79 Å². The molecule has 0 aliphatic rings. The van der Waals surface area contributed by atoms with Crippen molar-refractivity contribution in [3.8, 4) is 40.1 Å². The number of carbonyl (C=O) groups is 1. The molecule has 5 aromatic rings. The predicted octanol–water partition coefficient (Wildman–Crippen LogP) is 5.20. The molecule has 5 rings (SSSR count). The fraction of sp³-hybridized carbons (Fsp3) is 0.0370. The molecule has 0 spiro atoms. The van der Waals surface area contributed by atoms with Gasteiger partial charge in [0.2, 0.25) is 5.89 Å². The molecule has 0 radical (unpaired) electrons. The summed E-state index contributed by atoms with van der Waals surface area (Å²) < 4.78 is 5.95. The number of hydrogen-bond donors (Lipinski definition) is 2. The quantitative estimate of drug-likeness (QED) is 0.373. The van der Waals surface area contributed by atoms with E-state index in [1.54, 1.807) is 36.7 Å². The van der Waals surface area contributed by atoms with Gasteiger partial charge < -0.3 is 14.7 Å². The summed E-state index contributed by atoms with van der Waals surface area (Å²) in [7, 11) is 0. The van der Waals surface area contributed by atoms with Crippen molar-refractivity contribution < 1.29 is 9.21 Å². The number of amides is 1. The number of aromatic amines is 1. The van der Waals surface area contributed by atoms with E-state index in [0.717, 1.165) is 16.8 Å². The van der Waals surface area contributed by atoms with Crippen molar-refractivity contribution in [1.29, 1.82) is 5.26 Å². The molecule has 3 aromatic carbocycles. The van der Waals surface area contributed by atoms with Gasteiger partial charge in [-0.1, -0.05) is 54.6 Å². The highest BCUT2D eigenvalue weighted by Crippen LogP contribution is 2.28. The predicted molar refractivity (Wildman–Crippen MR) is 127 cm³/mol. The molecule has 0 bridgehead atoms. The Morgan fingerprint density at radius 3 is 2.59 bits per heavy atom. The molecule has 164 valence electrons. The number of hydrogen-bond acceptors (Lipinski definition) is 5. The molecule has 2 aromatic heterocycles. The van der Waals surface area contributed by atoms with E-state index in [1.165, 1.54) is 0 Å². The van der Waals surface area contributed by atoms with Crippen LogP contribution < -0.4 is 5.32 Å². The molecule has 7 heteroatoms. The van der Waals surface area contributed by atoms with Gasteiger partial charge >= 0.3 is 0 Å². The maximum absolute atomic E-state index is 13.0. The first-order valence-electron chi connectivity index (χ1n) is 10.6. The molecule has 7 nitrogen and oxygen atoms in total. The van der Waals surface area contributed by atoms with Gasteiger partial charge in [-0.15, -0.1) is 0 Å². The van der Waals surface area contributed by atoms with E-state index in [-0.39, 0.29) is 12.5 Å². The van der Waals surface area contributed by atoms with Crippen molar-refractivity contribution in [2.45, 2.75) is 6.54 Å². The third-order valence-corrected chi connectivity index (χ3v) is 5.31. The lowest BCUT2D eigenvalue weighted by molar-refractivity contribution is 0.0950. The molecule has 0 unspecified atom stereocenters. The number of oxazole rings is 1. The van der Waals surface area contributed by atoms with Crippen LogP contribution in [0.3, 0.4) is 0 Å². The molecular formula is C27H19N5O2. The summed E-state index contributed by atoms with van der Waals surface area (Å²) in [6, 6.07) is 26.2. The first kappa shape index (κ1) is 20.9. The van der Waals surface area contributed by atoms with Gasteiger partial charge in [-0.2, -0.15) is 5.26 Å². The Balaban J connectivity index is 1.32. The first-order valence-corrected chi connectivity index (χ1v) is 10.6. The Morgan fingerprint density at radius 1 is 0.941 bits per heavy atom. The summed E-state index contributed by atoms with van der Waals surface area (Å²) in [4.78, 5) is 24.9. The summed E-state index contributed by atoms with van der Waals surface area (Å²) >= 11 is 0. The highest BCUT2D eigenvalue weighted by Gasteiger charge is 2.17. The zero-order chi connectivity index (χ0) is 23.3. The van der Waals surface area contributed by atoms with Gasteiger partial charge in [0.15, 0.2) is 5.76 Å². The lowest BCUT2D eigenvalue weighted by Crippen LogP contribution is -2.24. The van der Waals surface area contributed by atoms with Crippen LogP contribution in [0.4, 0.5) is 0 Å². The standard InChI is InChI=1S/C27H19N5O2/c28-14-18-7-6-10-20(13-18)23-15-29-25(32-23)17-30-26(33)21-11-4-5-12-22(21)27-31-16-24(34-27)19-8-2-1-3-9-19/h1-13,15-16H,17H2,(H,29,32)(H,30,33). The smallest absolute Gasteiger partial charge is 0.252 e. The molecule has 2 N–H and O–H groups in total. The molecule has 0 saturated heterocycles. The summed E-state index contributed by atoms with van der Waals surface area (Å²) in [5, 5.41) is 12.0. The van der Waals surface area contributed by atoms with Crippen molar-refractivity contribution in [3.05, 3.63) is 108 Å². The minimum atomic E-state index is -0.264. The molecule has 2 heterocycles. The number of carbonyl (C=O) groups excluding carboxylic acids is 1. The van der Waals surface area contributed by atoms with Crippen LogP contribution in [0.2, 0.25) is 0 Å². The second-order valence-electron chi connectivity index (χ2n) is 7.56. The minimum Gasteiger partial charge on any atom is -0.436 e. The van der Waals surface area contributed by atoms with Gasteiger partial charge in [-0.25, -0.2) is 9.97 Å². The molecule has 0 fully saturated rings. The number of nitrogens with one attached hydrogen (secondary N) is 2. The maximum Gasteiger partial charge on any atom is 0.252 e. The normalized spacial score (nSPS) is 10.6. The first-order chi connectivity index (χ1) is 16.7. The second-order valence-corrected chi connectivity index (χ2v) is 7.56. The van der Waals surface area contributed by atoms with Crippen LogP contribution in [0.5, 0.6) is 0 Å². The molecule has 1 amide bonds. The highest BCUT2D eigenvalue weighted by atomic mass is 16.4. The van der Waals surface area contributed by atoms with Crippen LogP contribution >= 0.6 is 0 Å². The van der Waals surface area contributed by atoms with E-state index in [4.69, 9.17) is 9.68 Å². The monoisotopic (exact) mass is 445 g/mol. The average Bonchev–Trinajstić information content (AvgIpc) is 3.58. The molecule has 0 saturated carbocycles. The molecule has 0 aliphatic carbocycles. The number of imidazole rings is 1. The lowest BCUT2D eigenvalue weighted by atomic mass is 10.1. The summed E-state index contributed by atoms with van der Waals surface area (Å²) in [6.07, 6.45) is 3.34. The van der Waals surface area contributed by atoms with Gasteiger partial charge in [0.25, 0.3) is 5.91 Å². The molecular weight excluding hydrogens is 426 g/mol. The van der Waals surface area contributed by atoms with Gasteiger partial charge in [0.05, 0.1) is 41.8 Å². The van der Waals surface area contributed by atoms with E-state index >= 15 is 0 Å². The van der Waals surface area contributed by atoms with Crippen LogP contribution in [-0.2, 0) is 6.54 Å². The lowest BCUT2D eigenvalue weighted by Gasteiger charge is -2.07. The summed E-state index contributed by atoms with van der Waals surface area (Å²) in [5.74, 6) is 1.35. The number of aromatic nitrogens is 3. The molecule has 0 aliphatic heterocycles. The Hall–Kier alpha value is -4.96. The van der Waals surface area contributed by atoms with Crippen molar-refractivity contribution in [3.63, 3.8) is 0 Å². The maximum atomic E-state index is 13.0. The van der Waals surface area contributed by atoms with Gasteiger partial charge in [0, 0.05) is 16.7 Å². The minimum absolute atomic E-state index is 0.214. The van der Waals surface area contributed by atoms with Crippen LogP contribution in [-0.4, -0.2) is 20.9 Å². The van der Waals surface area contributed by atoms with Crippen LogP contribution in [0, 0.1) is 11.3 Å².